The zero-order chi connectivity index (χ0) is 16.8. The molecule has 0 saturated carbocycles. The van der Waals surface area contributed by atoms with E-state index in [1.54, 1.807) is 42.5 Å². The highest BCUT2D eigenvalue weighted by Crippen LogP contribution is 2.25. The molecule has 23 heavy (non-hydrogen) atoms. The van der Waals surface area contributed by atoms with Gasteiger partial charge in [-0.2, -0.15) is 5.26 Å². The lowest BCUT2D eigenvalue weighted by Gasteiger charge is -2.06. The number of benzene rings is 2. The molecular weight excluding hydrogens is 401 g/mol. The van der Waals surface area contributed by atoms with E-state index in [0.29, 0.717) is 21.4 Å². The number of hydrogen-bond acceptors (Lipinski definition) is 3. The molecule has 0 fully saturated rings. The van der Waals surface area contributed by atoms with Gasteiger partial charge in [0.25, 0.3) is 5.91 Å². The molecule has 2 rings (SSSR count). The van der Waals surface area contributed by atoms with E-state index in [4.69, 9.17) is 28.5 Å². The molecule has 0 bridgehead atoms. The van der Waals surface area contributed by atoms with Gasteiger partial charge in [0.1, 0.15) is 11.6 Å². The number of rotatable bonds is 4. The first-order valence-electron chi connectivity index (χ1n) is 6.38. The highest BCUT2D eigenvalue weighted by molar-refractivity contribution is 9.10. The van der Waals surface area contributed by atoms with Gasteiger partial charge >= 0.3 is 0 Å². The maximum absolute atomic E-state index is 12.1. The summed E-state index contributed by atoms with van der Waals surface area (Å²) in [6.07, 6.45) is 1.29. The Kier molecular flexibility index (Phi) is 6.05. The normalized spacial score (nSPS) is 10.8. The number of halogens is 3. The lowest BCUT2D eigenvalue weighted by atomic mass is 10.2. The van der Waals surface area contributed by atoms with E-state index in [9.17, 15) is 4.79 Å². The molecule has 1 amide bonds. The van der Waals surface area contributed by atoms with Crippen molar-refractivity contribution in [3.63, 3.8) is 0 Å². The highest BCUT2D eigenvalue weighted by atomic mass is 79.9. The number of carbonyl (C=O) groups excluding carboxylic acids is 1. The summed E-state index contributed by atoms with van der Waals surface area (Å²) in [5.41, 5.74) is 1.04. The molecule has 7 heteroatoms. The molecule has 0 heterocycles. The molecule has 0 saturated heterocycles. The maximum atomic E-state index is 12.1. The average Bonchev–Trinajstić information content (AvgIpc) is 2.52. The number of nitriles is 1. The van der Waals surface area contributed by atoms with Crippen molar-refractivity contribution in [3.05, 3.63) is 68.8 Å². The van der Waals surface area contributed by atoms with Crippen LogP contribution in [0.25, 0.3) is 0 Å². The van der Waals surface area contributed by atoms with Crippen LogP contribution in [0, 0.1) is 11.3 Å². The fourth-order valence-corrected chi connectivity index (χ4v) is 2.36. The van der Waals surface area contributed by atoms with Crippen molar-refractivity contribution in [2.45, 2.75) is 0 Å². The molecule has 2 N–H and O–H groups in total. The number of amides is 1. The Balaban J connectivity index is 2.10. The summed E-state index contributed by atoms with van der Waals surface area (Å²) in [6.45, 7) is 0. The number of anilines is 2. The van der Waals surface area contributed by atoms with Gasteiger partial charge in [0.05, 0.1) is 10.7 Å². The molecule has 2 aromatic rings. The molecule has 0 aromatic heterocycles. The van der Waals surface area contributed by atoms with E-state index >= 15 is 0 Å². The van der Waals surface area contributed by atoms with Crippen LogP contribution in [0.1, 0.15) is 0 Å². The van der Waals surface area contributed by atoms with Gasteiger partial charge in [-0.3, -0.25) is 4.79 Å². The van der Waals surface area contributed by atoms with Gasteiger partial charge in [-0.25, -0.2) is 0 Å². The van der Waals surface area contributed by atoms with Crippen molar-refractivity contribution in [1.29, 1.82) is 5.26 Å². The van der Waals surface area contributed by atoms with Crippen LogP contribution in [-0.2, 0) is 4.79 Å². The fourth-order valence-electron chi connectivity index (χ4n) is 1.64. The van der Waals surface area contributed by atoms with Crippen LogP contribution >= 0.6 is 39.1 Å². The summed E-state index contributed by atoms with van der Waals surface area (Å²) in [7, 11) is 0. The summed E-state index contributed by atoms with van der Waals surface area (Å²) in [6, 6.07) is 13.7. The predicted molar refractivity (Wildman–Crippen MR) is 96.6 cm³/mol. The molecule has 0 unspecified atom stereocenters. The Morgan fingerprint density at radius 3 is 2.48 bits per heavy atom. The largest absolute Gasteiger partial charge is 0.359 e. The topological polar surface area (TPSA) is 64.9 Å². The fraction of sp³-hybridized carbons (Fsp3) is 0. The molecule has 116 valence electrons. The number of nitrogens with one attached hydrogen (secondary N) is 2. The van der Waals surface area contributed by atoms with Crippen LogP contribution < -0.4 is 10.6 Å². The van der Waals surface area contributed by atoms with Crippen molar-refractivity contribution in [2.24, 2.45) is 0 Å². The van der Waals surface area contributed by atoms with Gasteiger partial charge in [0, 0.05) is 21.4 Å². The molecule has 4 nitrogen and oxygen atoms in total. The third-order valence-corrected chi connectivity index (χ3v) is 3.85. The van der Waals surface area contributed by atoms with Gasteiger partial charge in [-0.1, -0.05) is 39.1 Å². The van der Waals surface area contributed by atoms with Crippen molar-refractivity contribution < 1.29 is 4.79 Å². The third-order valence-electron chi connectivity index (χ3n) is 2.77. The minimum atomic E-state index is -0.521. The van der Waals surface area contributed by atoms with Gasteiger partial charge in [0.2, 0.25) is 0 Å². The Bertz CT molecular complexity index is 798. The van der Waals surface area contributed by atoms with Crippen molar-refractivity contribution in [1.82, 2.24) is 0 Å². The summed E-state index contributed by atoms with van der Waals surface area (Å²) in [5.74, 6) is -0.521. The number of hydrogen-bond donors (Lipinski definition) is 2. The van der Waals surface area contributed by atoms with Crippen LogP contribution in [0.4, 0.5) is 11.4 Å². The molecule has 0 radical (unpaired) electrons. The molecule has 0 aliphatic carbocycles. The molecule has 2 aromatic carbocycles. The smallest absolute Gasteiger partial charge is 0.267 e. The van der Waals surface area contributed by atoms with Crippen molar-refractivity contribution >= 4 is 56.4 Å². The van der Waals surface area contributed by atoms with Crippen molar-refractivity contribution in [2.75, 3.05) is 10.6 Å². The summed E-state index contributed by atoms with van der Waals surface area (Å²) >= 11 is 15.1. The summed E-state index contributed by atoms with van der Waals surface area (Å²) in [4.78, 5) is 12.1. The van der Waals surface area contributed by atoms with Crippen LogP contribution in [0.3, 0.4) is 0 Å². The Morgan fingerprint density at radius 1 is 1.17 bits per heavy atom. The first-order valence-corrected chi connectivity index (χ1v) is 7.93. The van der Waals surface area contributed by atoms with Gasteiger partial charge in [0.15, 0.2) is 0 Å². The standard InChI is InChI=1S/C16H10BrCl2N3O/c17-11-1-4-13(5-2-11)22-16(23)10(8-20)9-21-15-6-3-12(18)7-14(15)19/h1-7,9,21H,(H,22,23)/b10-9-. The second-order valence-corrected chi connectivity index (χ2v) is 6.16. The second-order valence-electron chi connectivity index (χ2n) is 4.40. The van der Waals surface area contributed by atoms with E-state index in [1.165, 1.54) is 6.20 Å². The van der Waals surface area contributed by atoms with E-state index in [1.807, 2.05) is 6.07 Å². The average molecular weight is 411 g/mol. The third kappa shape index (κ3) is 5.00. The Hall–Kier alpha value is -2.00. The highest BCUT2D eigenvalue weighted by Gasteiger charge is 2.09. The van der Waals surface area contributed by atoms with E-state index in [0.717, 1.165) is 4.47 Å². The number of carbonyl (C=O) groups is 1. The maximum Gasteiger partial charge on any atom is 0.267 e. The Morgan fingerprint density at radius 2 is 1.87 bits per heavy atom. The van der Waals surface area contributed by atoms with Crippen LogP contribution in [0.5, 0.6) is 0 Å². The van der Waals surface area contributed by atoms with Gasteiger partial charge < -0.3 is 10.6 Å². The Labute approximate surface area is 151 Å². The quantitative estimate of drug-likeness (QED) is 0.536. The van der Waals surface area contributed by atoms with E-state index < -0.39 is 5.91 Å². The first-order chi connectivity index (χ1) is 11.0. The lowest BCUT2D eigenvalue weighted by molar-refractivity contribution is -0.112. The van der Waals surface area contributed by atoms with E-state index in [2.05, 4.69) is 26.6 Å². The van der Waals surface area contributed by atoms with Crippen molar-refractivity contribution in [3.8, 4) is 6.07 Å². The second kappa shape index (κ2) is 8.02. The predicted octanol–water partition coefficient (Wildman–Crippen LogP) is 5.21. The molecule has 0 aliphatic heterocycles. The zero-order valence-electron chi connectivity index (χ0n) is 11.6. The van der Waals surface area contributed by atoms with Gasteiger partial charge in [-0.05, 0) is 42.5 Å². The summed E-state index contributed by atoms with van der Waals surface area (Å²) in [5, 5.41) is 15.5. The SMILES string of the molecule is N#C/C(=C/Nc1ccc(Cl)cc1Cl)C(=O)Nc1ccc(Br)cc1. The van der Waals surface area contributed by atoms with Crippen LogP contribution in [0.15, 0.2) is 58.7 Å². The minimum Gasteiger partial charge on any atom is -0.359 e. The first kappa shape index (κ1) is 17.4. The molecule has 0 atom stereocenters. The molecular formula is C16H10BrCl2N3O. The zero-order valence-corrected chi connectivity index (χ0v) is 14.7. The van der Waals surface area contributed by atoms with Gasteiger partial charge in [-0.15, -0.1) is 0 Å². The number of nitrogens with zero attached hydrogens (tertiary/aromatic N) is 1. The minimum absolute atomic E-state index is 0.0843. The lowest BCUT2D eigenvalue weighted by Crippen LogP contribution is -2.14. The molecule has 0 spiro atoms. The van der Waals surface area contributed by atoms with Crippen LogP contribution in [0.2, 0.25) is 10.0 Å². The van der Waals surface area contributed by atoms with Crippen LogP contribution in [-0.4, -0.2) is 5.91 Å². The van der Waals surface area contributed by atoms with E-state index in [-0.39, 0.29) is 5.57 Å². The molecule has 0 aliphatic rings. The monoisotopic (exact) mass is 409 g/mol. The summed E-state index contributed by atoms with van der Waals surface area (Å²) < 4.78 is 0.894.